The molecule has 0 aromatic heterocycles. The van der Waals surface area contributed by atoms with Crippen LogP contribution >= 0.6 is 15.9 Å². The maximum atomic E-state index is 10.5. The summed E-state index contributed by atoms with van der Waals surface area (Å²) in [6.45, 7) is 4.16. The van der Waals surface area contributed by atoms with Crippen molar-refractivity contribution >= 4 is 22.0 Å². The van der Waals surface area contributed by atoms with Crippen LogP contribution in [0.25, 0.3) is 0 Å². The first kappa shape index (κ1) is 11.9. The first-order valence-electron chi connectivity index (χ1n) is 6.07. The van der Waals surface area contributed by atoms with Crippen molar-refractivity contribution in [2.24, 2.45) is 4.99 Å². The minimum Gasteiger partial charge on any atom is -0.486 e. The van der Waals surface area contributed by atoms with Crippen LogP contribution in [-0.4, -0.2) is 11.7 Å². The molecule has 0 unspecified atom stereocenters. The number of hydrogen-bond acceptors (Lipinski definition) is 3. The minimum absolute atomic E-state index is 0.159. The molecule has 0 bridgehead atoms. The summed E-state index contributed by atoms with van der Waals surface area (Å²) in [5.41, 5.74) is 1.81. The summed E-state index contributed by atoms with van der Waals surface area (Å²) in [7, 11) is 0. The maximum absolute atomic E-state index is 10.5. The monoisotopic (exact) mass is 307 g/mol. The Kier molecular flexibility index (Phi) is 2.45. The molecule has 3 nitrogen and oxygen atoms in total. The van der Waals surface area contributed by atoms with Crippen molar-refractivity contribution in [3.05, 3.63) is 27.7 Å². The lowest BCUT2D eigenvalue weighted by Crippen LogP contribution is -2.24. The van der Waals surface area contributed by atoms with Crippen molar-refractivity contribution in [1.82, 2.24) is 0 Å². The summed E-state index contributed by atoms with van der Waals surface area (Å²) < 4.78 is 6.87. The molecular formula is C14H14BrNO2. The van der Waals surface area contributed by atoms with Gasteiger partial charge in [0.15, 0.2) is 0 Å². The predicted molar refractivity (Wildman–Crippen MR) is 71.6 cm³/mol. The van der Waals surface area contributed by atoms with Gasteiger partial charge in [0.2, 0.25) is 6.08 Å². The van der Waals surface area contributed by atoms with Gasteiger partial charge >= 0.3 is 0 Å². The van der Waals surface area contributed by atoms with Crippen LogP contribution < -0.4 is 4.74 Å². The standard InChI is InChI=1S/C14H14BrNO2/c1-13(2)7-9-5-10(6-11(15)12(9)18-13)14(3-4-14)16-8-17/h5-6H,3-4,7H2,1-2H3. The van der Waals surface area contributed by atoms with Crippen LogP contribution in [0.1, 0.15) is 37.8 Å². The molecular weight excluding hydrogens is 294 g/mol. The fraction of sp³-hybridized carbons (Fsp3) is 0.500. The third-order valence-electron chi connectivity index (χ3n) is 3.64. The predicted octanol–water partition coefficient (Wildman–Crippen LogP) is 3.49. The van der Waals surface area contributed by atoms with Gasteiger partial charge in [0.1, 0.15) is 11.4 Å². The molecule has 0 spiro atoms. The molecule has 0 N–H and O–H groups in total. The molecule has 1 aromatic rings. The lowest BCUT2D eigenvalue weighted by Gasteiger charge is -2.17. The van der Waals surface area contributed by atoms with Gasteiger partial charge in [-0.3, -0.25) is 0 Å². The zero-order valence-corrected chi connectivity index (χ0v) is 12.0. The van der Waals surface area contributed by atoms with Gasteiger partial charge in [-0.05, 0) is 65.9 Å². The first-order valence-corrected chi connectivity index (χ1v) is 6.86. The summed E-state index contributed by atoms with van der Waals surface area (Å²) in [4.78, 5) is 14.5. The first-order chi connectivity index (χ1) is 8.46. The topological polar surface area (TPSA) is 38.7 Å². The Bertz CT molecular complexity index is 569. The van der Waals surface area contributed by atoms with Gasteiger partial charge in [0.25, 0.3) is 0 Å². The van der Waals surface area contributed by atoms with Crippen LogP contribution in [0.3, 0.4) is 0 Å². The number of rotatable bonds is 2. The highest BCUT2D eigenvalue weighted by molar-refractivity contribution is 9.10. The van der Waals surface area contributed by atoms with Crippen molar-refractivity contribution < 1.29 is 9.53 Å². The molecule has 1 aromatic carbocycles. The molecule has 18 heavy (non-hydrogen) atoms. The number of aliphatic imine (C=N–C) groups is 1. The molecule has 0 saturated heterocycles. The average molecular weight is 308 g/mol. The van der Waals surface area contributed by atoms with E-state index in [9.17, 15) is 4.79 Å². The Hall–Kier alpha value is -1.12. The number of carbonyl (C=O) groups excluding carboxylic acids is 1. The molecule has 1 saturated carbocycles. The summed E-state index contributed by atoms with van der Waals surface area (Å²) in [5.74, 6) is 0.926. The Balaban J connectivity index is 2.07. The van der Waals surface area contributed by atoms with E-state index < -0.39 is 0 Å². The highest BCUT2D eigenvalue weighted by Crippen LogP contribution is 2.52. The Labute approximate surface area is 114 Å². The molecule has 1 fully saturated rings. The zero-order chi connectivity index (χ0) is 13.0. The van der Waals surface area contributed by atoms with Gasteiger partial charge in [-0.25, -0.2) is 4.79 Å². The van der Waals surface area contributed by atoms with E-state index in [1.54, 1.807) is 6.08 Å². The summed E-state index contributed by atoms with van der Waals surface area (Å²) in [5, 5.41) is 0. The van der Waals surface area contributed by atoms with Crippen LogP contribution in [0, 0.1) is 0 Å². The molecule has 0 amide bonds. The SMILES string of the molecule is CC1(C)Cc2cc(C3(N=C=O)CC3)cc(Br)c2O1. The van der Waals surface area contributed by atoms with Gasteiger partial charge in [-0.15, -0.1) is 0 Å². The van der Waals surface area contributed by atoms with Crippen molar-refractivity contribution in [2.45, 2.75) is 44.2 Å². The molecule has 4 heteroatoms. The number of halogens is 1. The number of isocyanates is 1. The summed E-state index contributed by atoms with van der Waals surface area (Å²) >= 11 is 3.56. The van der Waals surface area contributed by atoms with Crippen molar-refractivity contribution in [2.75, 3.05) is 0 Å². The van der Waals surface area contributed by atoms with E-state index in [4.69, 9.17) is 4.74 Å². The molecule has 1 aliphatic heterocycles. The molecule has 2 aliphatic rings. The van der Waals surface area contributed by atoms with E-state index in [2.05, 4.69) is 40.8 Å². The van der Waals surface area contributed by atoms with E-state index in [1.807, 2.05) is 6.07 Å². The number of ether oxygens (including phenoxy) is 1. The largest absolute Gasteiger partial charge is 0.486 e. The van der Waals surface area contributed by atoms with E-state index >= 15 is 0 Å². The Morgan fingerprint density at radius 2 is 2.11 bits per heavy atom. The minimum atomic E-state index is -0.313. The van der Waals surface area contributed by atoms with Gasteiger partial charge in [0, 0.05) is 6.42 Å². The van der Waals surface area contributed by atoms with Gasteiger partial charge in [0.05, 0.1) is 10.0 Å². The molecule has 1 aliphatic carbocycles. The van der Waals surface area contributed by atoms with Crippen LogP contribution in [-0.2, 0) is 16.8 Å². The quantitative estimate of drug-likeness (QED) is 0.619. The smallest absolute Gasteiger partial charge is 0.235 e. The third-order valence-corrected chi connectivity index (χ3v) is 4.22. The Morgan fingerprint density at radius 1 is 1.39 bits per heavy atom. The second-order valence-corrected chi connectivity index (χ2v) is 6.57. The molecule has 94 valence electrons. The van der Waals surface area contributed by atoms with E-state index in [1.165, 1.54) is 5.56 Å². The Morgan fingerprint density at radius 3 is 2.72 bits per heavy atom. The third kappa shape index (κ3) is 1.80. The fourth-order valence-corrected chi connectivity index (χ4v) is 3.19. The van der Waals surface area contributed by atoms with Crippen LogP contribution in [0.4, 0.5) is 0 Å². The summed E-state index contributed by atoms with van der Waals surface area (Å²) in [6.07, 6.45) is 4.44. The second-order valence-electron chi connectivity index (χ2n) is 5.72. The van der Waals surface area contributed by atoms with Crippen LogP contribution in [0.5, 0.6) is 5.75 Å². The fourth-order valence-electron chi connectivity index (χ4n) is 2.61. The molecule has 1 heterocycles. The maximum Gasteiger partial charge on any atom is 0.235 e. The van der Waals surface area contributed by atoms with Crippen molar-refractivity contribution in [1.29, 1.82) is 0 Å². The average Bonchev–Trinajstić information content (AvgIpc) is 2.97. The molecule has 3 rings (SSSR count). The lowest BCUT2D eigenvalue weighted by atomic mass is 9.97. The van der Waals surface area contributed by atoms with Crippen molar-refractivity contribution in [3.63, 3.8) is 0 Å². The van der Waals surface area contributed by atoms with Gasteiger partial charge in [-0.2, -0.15) is 4.99 Å². The second kappa shape index (κ2) is 3.69. The van der Waals surface area contributed by atoms with Crippen LogP contribution in [0.2, 0.25) is 0 Å². The van der Waals surface area contributed by atoms with E-state index in [0.717, 1.165) is 35.0 Å². The normalized spacial score (nSPS) is 21.7. The highest BCUT2D eigenvalue weighted by Gasteiger charge is 2.46. The van der Waals surface area contributed by atoms with Crippen molar-refractivity contribution in [3.8, 4) is 5.75 Å². The lowest BCUT2D eigenvalue weighted by molar-refractivity contribution is 0.137. The van der Waals surface area contributed by atoms with Gasteiger partial charge in [-0.1, -0.05) is 0 Å². The number of fused-ring (bicyclic) bond motifs is 1. The van der Waals surface area contributed by atoms with Crippen LogP contribution in [0.15, 0.2) is 21.6 Å². The van der Waals surface area contributed by atoms with E-state index in [0.29, 0.717) is 0 Å². The van der Waals surface area contributed by atoms with Gasteiger partial charge < -0.3 is 4.74 Å². The molecule has 0 radical (unpaired) electrons. The molecule has 0 atom stereocenters. The highest BCUT2D eigenvalue weighted by atomic mass is 79.9. The van der Waals surface area contributed by atoms with E-state index in [-0.39, 0.29) is 11.1 Å². The summed E-state index contributed by atoms with van der Waals surface area (Å²) in [6, 6.07) is 4.15. The number of benzene rings is 1. The number of nitrogens with zero attached hydrogens (tertiary/aromatic N) is 1. The number of hydrogen-bond donors (Lipinski definition) is 0. The zero-order valence-electron chi connectivity index (χ0n) is 10.4.